The number of carbonyl (C=O) groups is 1. The Morgan fingerprint density at radius 3 is 2.44 bits per heavy atom. The van der Waals surface area contributed by atoms with Crippen LogP contribution in [0.3, 0.4) is 0 Å². The molecule has 2 aromatic rings. The predicted octanol–water partition coefficient (Wildman–Crippen LogP) is 4.44. The zero-order chi connectivity index (χ0) is 26.1. The van der Waals surface area contributed by atoms with Gasteiger partial charge >= 0.3 is 6.18 Å². The number of carbonyl (C=O) groups excluding carboxylic acids is 1. The molecule has 2 aliphatic rings. The third-order valence-electron chi connectivity index (χ3n) is 6.36. The summed E-state index contributed by atoms with van der Waals surface area (Å²) in [6.45, 7) is 1.65. The number of nitrogens with one attached hydrogen (secondary N) is 2. The van der Waals surface area contributed by atoms with Crippen molar-refractivity contribution in [3.05, 3.63) is 52.0 Å². The van der Waals surface area contributed by atoms with Crippen LogP contribution >= 0.6 is 0 Å². The lowest BCUT2D eigenvalue weighted by molar-refractivity contribution is -0.138. The number of hydrogen-bond donors (Lipinski definition) is 2. The van der Waals surface area contributed by atoms with Gasteiger partial charge in [0, 0.05) is 0 Å². The molecular formula is C24H27F5N4O3. The number of halogens is 5. The summed E-state index contributed by atoms with van der Waals surface area (Å²) in [6.07, 6.45) is -4.71. The topological polar surface area (TPSA) is 85.4 Å². The van der Waals surface area contributed by atoms with Crippen LogP contribution in [0, 0.1) is 13.8 Å². The van der Waals surface area contributed by atoms with Crippen molar-refractivity contribution in [2.24, 2.45) is 0 Å². The predicted molar refractivity (Wildman–Crippen MR) is 120 cm³/mol. The number of rotatable bonds is 9. The Hall–Kier alpha value is -2.86. The second-order valence-electron chi connectivity index (χ2n) is 9.06. The van der Waals surface area contributed by atoms with Crippen molar-refractivity contribution in [2.45, 2.75) is 57.2 Å². The number of amides is 1. The fourth-order valence-corrected chi connectivity index (χ4v) is 4.29. The van der Waals surface area contributed by atoms with E-state index in [1.807, 2.05) is 0 Å². The molecule has 1 saturated heterocycles. The Labute approximate surface area is 204 Å². The van der Waals surface area contributed by atoms with Gasteiger partial charge < -0.3 is 20.1 Å². The first-order valence-corrected chi connectivity index (χ1v) is 11.5. The lowest BCUT2D eigenvalue weighted by Gasteiger charge is -2.25. The summed E-state index contributed by atoms with van der Waals surface area (Å²) < 4.78 is 79.0. The van der Waals surface area contributed by atoms with E-state index in [9.17, 15) is 26.7 Å². The summed E-state index contributed by atoms with van der Waals surface area (Å²) in [4.78, 5) is 21.4. The largest absolute Gasteiger partial charge is 0.416 e. The van der Waals surface area contributed by atoms with Gasteiger partial charge in [0.15, 0.2) is 6.29 Å². The minimum absolute atomic E-state index is 0.0864. The second kappa shape index (κ2) is 10.3. The van der Waals surface area contributed by atoms with Crippen molar-refractivity contribution >= 4 is 11.7 Å². The summed E-state index contributed by atoms with van der Waals surface area (Å²) in [5.41, 5.74) is -1.21. The smallest absolute Gasteiger partial charge is 0.360 e. The molecule has 1 saturated carbocycles. The van der Waals surface area contributed by atoms with Crippen LogP contribution in [0.1, 0.15) is 58.9 Å². The third-order valence-corrected chi connectivity index (χ3v) is 6.36. The van der Waals surface area contributed by atoms with E-state index in [1.165, 1.54) is 19.1 Å². The molecule has 1 amide bonds. The molecule has 2 N–H and O–H groups in total. The first-order valence-electron chi connectivity index (χ1n) is 11.5. The average molecular weight is 514 g/mol. The van der Waals surface area contributed by atoms with Gasteiger partial charge in [-0.3, -0.25) is 4.79 Å². The molecule has 1 aliphatic heterocycles. The van der Waals surface area contributed by atoms with Crippen LogP contribution < -0.4 is 10.6 Å². The summed E-state index contributed by atoms with van der Waals surface area (Å²) in [5.74, 6) is -0.125. The van der Waals surface area contributed by atoms with Crippen LogP contribution in [0.4, 0.5) is 27.8 Å². The quantitative estimate of drug-likeness (QED) is 0.482. The van der Waals surface area contributed by atoms with Gasteiger partial charge in [0.1, 0.15) is 25.0 Å². The van der Waals surface area contributed by atoms with E-state index in [0.717, 1.165) is 6.07 Å². The standard InChI is InChI=1S/C24H27F5N4O3/c1-13-15(4-3-5-16(13)24(27,28)29)18(11-25)32-21-20(22-35-8-9-36-22)17(30-14(2)31-21)10-19(34)33-23(12-26)6-7-23/h3-5,18,22H,6-12H2,1-2H3,(H,33,34)(H,30,31,32). The van der Waals surface area contributed by atoms with E-state index in [2.05, 4.69) is 20.6 Å². The maximum absolute atomic E-state index is 14.2. The van der Waals surface area contributed by atoms with E-state index in [1.54, 1.807) is 6.92 Å². The van der Waals surface area contributed by atoms with E-state index < -0.39 is 48.9 Å². The fraction of sp³-hybridized carbons (Fsp3) is 0.542. The maximum atomic E-state index is 14.2. The number of nitrogens with zero attached hydrogens (tertiary/aromatic N) is 2. The summed E-state index contributed by atoms with van der Waals surface area (Å²) >= 11 is 0. The zero-order valence-corrected chi connectivity index (χ0v) is 19.8. The SMILES string of the molecule is Cc1nc(CC(=O)NC2(CF)CC2)c(C2OCCO2)c(NC(CF)c2cccc(C(F)(F)F)c2C)n1. The highest BCUT2D eigenvalue weighted by molar-refractivity contribution is 5.80. The molecule has 0 spiro atoms. The lowest BCUT2D eigenvalue weighted by atomic mass is 9.96. The number of hydrogen-bond acceptors (Lipinski definition) is 6. The molecule has 196 valence electrons. The highest BCUT2D eigenvalue weighted by atomic mass is 19.4. The van der Waals surface area contributed by atoms with Crippen molar-refractivity contribution < 1.29 is 36.2 Å². The minimum atomic E-state index is -4.60. The first-order chi connectivity index (χ1) is 17.1. The summed E-state index contributed by atoms with van der Waals surface area (Å²) in [5, 5.41) is 5.58. The zero-order valence-electron chi connectivity index (χ0n) is 19.8. The highest BCUT2D eigenvalue weighted by Gasteiger charge is 2.44. The molecule has 4 rings (SSSR count). The van der Waals surface area contributed by atoms with Crippen LogP contribution in [0.15, 0.2) is 18.2 Å². The van der Waals surface area contributed by atoms with E-state index in [4.69, 9.17) is 9.47 Å². The average Bonchev–Trinajstić information content (AvgIpc) is 3.37. The summed E-state index contributed by atoms with van der Waals surface area (Å²) in [6, 6.07) is 2.40. The van der Waals surface area contributed by atoms with Crippen LogP contribution in [0.5, 0.6) is 0 Å². The lowest BCUT2D eigenvalue weighted by Crippen LogP contribution is -2.39. The second-order valence-corrected chi connectivity index (χ2v) is 9.06. The number of alkyl halides is 5. The molecule has 1 atom stereocenters. The Kier molecular flexibility index (Phi) is 7.46. The van der Waals surface area contributed by atoms with Gasteiger partial charge in [-0.05, 0) is 43.9 Å². The van der Waals surface area contributed by atoms with E-state index in [-0.39, 0.29) is 53.7 Å². The molecule has 36 heavy (non-hydrogen) atoms. The Bertz CT molecular complexity index is 1120. The molecule has 1 aliphatic carbocycles. The summed E-state index contributed by atoms with van der Waals surface area (Å²) in [7, 11) is 0. The Balaban J connectivity index is 1.69. The highest BCUT2D eigenvalue weighted by Crippen LogP contribution is 2.38. The molecule has 1 aromatic heterocycles. The van der Waals surface area contributed by atoms with Crippen LogP contribution in [0.25, 0.3) is 0 Å². The molecule has 0 bridgehead atoms. The molecule has 2 fully saturated rings. The van der Waals surface area contributed by atoms with Gasteiger partial charge in [-0.15, -0.1) is 0 Å². The maximum Gasteiger partial charge on any atom is 0.416 e. The molecule has 7 nitrogen and oxygen atoms in total. The van der Waals surface area contributed by atoms with Gasteiger partial charge in [-0.2, -0.15) is 13.2 Å². The van der Waals surface area contributed by atoms with Crippen molar-refractivity contribution in [2.75, 3.05) is 31.9 Å². The van der Waals surface area contributed by atoms with Crippen LogP contribution in [-0.2, 0) is 26.9 Å². The first kappa shape index (κ1) is 26.2. The van der Waals surface area contributed by atoms with Gasteiger partial charge in [0.25, 0.3) is 0 Å². The van der Waals surface area contributed by atoms with E-state index >= 15 is 0 Å². The monoisotopic (exact) mass is 514 g/mol. The number of ether oxygens (including phenoxy) is 2. The van der Waals surface area contributed by atoms with Gasteiger partial charge in [0.05, 0.1) is 48.0 Å². The van der Waals surface area contributed by atoms with Crippen molar-refractivity contribution in [3.63, 3.8) is 0 Å². The molecule has 2 heterocycles. The Morgan fingerprint density at radius 1 is 1.17 bits per heavy atom. The van der Waals surface area contributed by atoms with E-state index in [0.29, 0.717) is 12.8 Å². The number of aryl methyl sites for hydroxylation is 1. The Morgan fingerprint density at radius 2 is 1.86 bits per heavy atom. The van der Waals surface area contributed by atoms with Gasteiger partial charge in [-0.25, -0.2) is 18.7 Å². The number of benzene rings is 1. The normalized spacial score (nSPS) is 18.2. The molecule has 1 aromatic carbocycles. The molecule has 1 unspecified atom stereocenters. The van der Waals surface area contributed by atoms with Crippen molar-refractivity contribution in [3.8, 4) is 0 Å². The minimum Gasteiger partial charge on any atom is -0.360 e. The molecule has 12 heteroatoms. The van der Waals surface area contributed by atoms with Crippen molar-refractivity contribution in [1.82, 2.24) is 15.3 Å². The van der Waals surface area contributed by atoms with Gasteiger partial charge in [0.2, 0.25) is 5.91 Å². The third kappa shape index (κ3) is 5.59. The van der Waals surface area contributed by atoms with Crippen LogP contribution in [-0.4, -0.2) is 48.0 Å². The number of aromatic nitrogens is 2. The van der Waals surface area contributed by atoms with Crippen molar-refractivity contribution in [1.29, 1.82) is 0 Å². The molecular weight excluding hydrogens is 487 g/mol. The van der Waals surface area contributed by atoms with Crippen LogP contribution in [0.2, 0.25) is 0 Å². The number of anilines is 1. The molecule has 0 radical (unpaired) electrons. The fourth-order valence-electron chi connectivity index (χ4n) is 4.29. The van der Waals surface area contributed by atoms with Gasteiger partial charge in [-0.1, -0.05) is 12.1 Å².